The number of hydrogen-bond donors (Lipinski definition) is 0. The lowest BCUT2D eigenvalue weighted by molar-refractivity contribution is -0.889. The first-order chi connectivity index (χ1) is 30.6. The molecule has 0 amide bonds. The van der Waals surface area contributed by atoms with Gasteiger partial charge in [0.25, 0.3) is 0 Å². The molecule has 2 unspecified atom stereocenters. The number of aliphatic carboxylic acids is 1. The Labute approximate surface area is 388 Å². The largest absolute Gasteiger partial charge is 0.544 e. The van der Waals surface area contributed by atoms with E-state index in [4.69, 9.17) is 14.2 Å². The molecular formula is C55H99NO7. The van der Waals surface area contributed by atoms with Gasteiger partial charge in [-0.3, -0.25) is 9.59 Å². The van der Waals surface area contributed by atoms with Gasteiger partial charge in [0.2, 0.25) is 0 Å². The molecule has 0 saturated heterocycles. The Kier molecular flexibility index (Phi) is 43.9. The molecule has 63 heavy (non-hydrogen) atoms. The smallest absolute Gasteiger partial charge is 0.306 e. The van der Waals surface area contributed by atoms with Crippen molar-refractivity contribution in [2.45, 2.75) is 244 Å². The Bertz CT molecular complexity index is 1170. The van der Waals surface area contributed by atoms with Gasteiger partial charge in [0.1, 0.15) is 12.6 Å². The van der Waals surface area contributed by atoms with Crippen molar-refractivity contribution in [3.8, 4) is 0 Å². The fourth-order valence-corrected chi connectivity index (χ4v) is 7.64. The third-order valence-corrected chi connectivity index (χ3v) is 11.7. The fourth-order valence-electron chi connectivity index (χ4n) is 7.64. The number of quaternary nitrogens is 1. The van der Waals surface area contributed by atoms with Gasteiger partial charge in [0, 0.05) is 19.3 Å². The summed E-state index contributed by atoms with van der Waals surface area (Å²) in [7, 11) is 5.41. The summed E-state index contributed by atoms with van der Waals surface area (Å²) in [5, 5.41) is 11.7. The first-order valence-electron chi connectivity index (χ1n) is 26.2. The van der Waals surface area contributed by atoms with Crippen LogP contribution < -0.4 is 5.11 Å². The van der Waals surface area contributed by atoms with Gasteiger partial charge in [-0.15, -0.1) is 0 Å². The Morgan fingerprint density at radius 2 is 0.841 bits per heavy atom. The van der Waals surface area contributed by atoms with E-state index in [-0.39, 0.29) is 42.7 Å². The van der Waals surface area contributed by atoms with Crippen LogP contribution in [0.3, 0.4) is 0 Å². The number of allylic oxidation sites excluding steroid dienone is 8. The van der Waals surface area contributed by atoms with Crippen LogP contribution in [0.2, 0.25) is 0 Å². The van der Waals surface area contributed by atoms with E-state index in [1.165, 1.54) is 122 Å². The third kappa shape index (κ3) is 44.3. The molecule has 0 spiro atoms. The van der Waals surface area contributed by atoms with Crippen LogP contribution in [0.5, 0.6) is 0 Å². The Morgan fingerprint density at radius 1 is 0.476 bits per heavy atom. The van der Waals surface area contributed by atoms with Crippen molar-refractivity contribution in [1.29, 1.82) is 0 Å². The zero-order chi connectivity index (χ0) is 46.3. The number of rotatable bonds is 47. The number of carboxylic acids is 1. The van der Waals surface area contributed by atoms with Crippen LogP contribution in [0, 0.1) is 0 Å². The minimum absolute atomic E-state index is 0.0362. The van der Waals surface area contributed by atoms with E-state index in [0.717, 1.165) is 77.0 Å². The minimum Gasteiger partial charge on any atom is -0.544 e. The molecule has 0 radical (unpaired) electrons. The zero-order valence-corrected chi connectivity index (χ0v) is 41.7. The van der Waals surface area contributed by atoms with E-state index in [1.807, 2.05) is 0 Å². The number of nitrogens with zero attached hydrogens (tertiary/aromatic N) is 1. The first-order valence-corrected chi connectivity index (χ1v) is 26.2. The van der Waals surface area contributed by atoms with Gasteiger partial charge in [-0.05, 0) is 57.8 Å². The lowest BCUT2D eigenvalue weighted by atomic mass is 10.0. The van der Waals surface area contributed by atoms with Crippen molar-refractivity contribution in [2.24, 2.45) is 0 Å². The Balaban J connectivity index is 4.27. The molecule has 0 fully saturated rings. The van der Waals surface area contributed by atoms with Gasteiger partial charge in [-0.1, -0.05) is 204 Å². The SMILES string of the molecule is CCCCC/C=C/C/C=C/C/C=C/C/C=C/CCCCCCCC(=O)OCC(COCCC(C(=O)[O-])[N+](C)(C)C)OC(=O)CCCCCCCCCCCCCCCCCCCC. The van der Waals surface area contributed by atoms with Crippen LogP contribution in [0.25, 0.3) is 0 Å². The average Bonchev–Trinajstić information content (AvgIpc) is 3.24. The molecule has 0 aromatic heterocycles. The number of carboxylic acid groups (broad SMARTS) is 1. The van der Waals surface area contributed by atoms with Crippen LogP contribution in [-0.2, 0) is 28.6 Å². The topological polar surface area (TPSA) is 102 Å². The monoisotopic (exact) mass is 886 g/mol. The van der Waals surface area contributed by atoms with Crippen molar-refractivity contribution in [3.63, 3.8) is 0 Å². The van der Waals surface area contributed by atoms with Gasteiger partial charge in [0.05, 0.1) is 40.3 Å². The van der Waals surface area contributed by atoms with Crippen molar-refractivity contribution < 1.29 is 38.2 Å². The average molecular weight is 886 g/mol. The lowest BCUT2D eigenvalue weighted by Gasteiger charge is -2.34. The van der Waals surface area contributed by atoms with Crippen LogP contribution in [-0.4, -0.2) is 75.5 Å². The predicted octanol–water partition coefficient (Wildman–Crippen LogP) is 13.8. The molecule has 8 nitrogen and oxygen atoms in total. The van der Waals surface area contributed by atoms with Gasteiger partial charge in [0.15, 0.2) is 6.10 Å². The highest BCUT2D eigenvalue weighted by Crippen LogP contribution is 2.16. The maximum absolute atomic E-state index is 12.8. The predicted molar refractivity (Wildman–Crippen MR) is 263 cm³/mol. The minimum atomic E-state index is -1.13. The summed E-state index contributed by atoms with van der Waals surface area (Å²) in [5.41, 5.74) is 0. The number of esters is 2. The number of ether oxygens (including phenoxy) is 3. The Morgan fingerprint density at radius 3 is 1.27 bits per heavy atom. The highest BCUT2D eigenvalue weighted by Gasteiger charge is 2.25. The first kappa shape index (κ1) is 60.3. The molecule has 366 valence electrons. The van der Waals surface area contributed by atoms with E-state index in [0.29, 0.717) is 12.8 Å². The maximum atomic E-state index is 12.8. The Hall–Kier alpha value is -2.71. The van der Waals surface area contributed by atoms with Gasteiger partial charge in [-0.25, -0.2) is 0 Å². The summed E-state index contributed by atoms with van der Waals surface area (Å²) in [6, 6.07) is -0.729. The molecule has 2 atom stereocenters. The van der Waals surface area contributed by atoms with Crippen LogP contribution >= 0.6 is 0 Å². The number of likely N-dealkylation sites (N-methyl/N-ethyl adjacent to an activating group) is 1. The number of unbranched alkanes of at least 4 members (excludes halogenated alkanes) is 25. The van der Waals surface area contributed by atoms with Crippen molar-refractivity contribution in [2.75, 3.05) is 41.0 Å². The fraction of sp³-hybridized carbons (Fsp3) is 0.800. The summed E-state index contributed by atoms with van der Waals surface area (Å²) in [4.78, 5) is 37.0. The molecule has 0 rings (SSSR count). The number of carbonyl (C=O) groups is 3. The molecular weight excluding hydrogens is 787 g/mol. The zero-order valence-electron chi connectivity index (χ0n) is 41.7. The summed E-state index contributed by atoms with van der Waals surface area (Å²) in [5.74, 6) is -1.75. The molecule has 0 aromatic carbocycles. The molecule has 8 heteroatoms. The second-order valence-corrected chi connectivity index (χ2v) is 18.8. The summed E-state index contributed by atoms with van der Waals surface area (Å²) in [6.07, 6.45) is 55.6. The molecule has 0 saturated carbocycles. The van der Waals surface area contributed by atoms with Gasteiger partial charge < -0.3 is 28.6 Å². The molecule has 0 aliphatic carbocycles. The molecule has 0 bridgehead atoms. The maximum Gasteiger partial charge on any atom is 0.306 e. The second-order valence-electron chi connectivity index (χ2n) is 18.8. The third-order valence-electron chi connectivity index (χ3n) is 11.7. The van der Waals surface area contributed by atoms with Crippen LogP contribution in [0.15, 0.2) is 48.6 Å². The van der Waals surface area contributed by atoms with Gasteiger partial charge in [-0.2, -0.15) is 0 Å². The highest BCUT2D eigenvalue weighted by atomic mass is 16.6. The lowest BCUT2D eigenvalue weighted by Crippen LogP contribution is -2.55. The standard InChI is InChI=1S/C55H99NO7/c1-6-8-10-12-14-16-18-20-22-24-26-27-28-30-31-33-35-37-39-41-43-45-53(57)62-50-51(49-61-48-47-52(55(59)60)56(3,4)5)63-54(58)46-44-42-40-38-36-34-32-29-25-23-21-19-17-15-13-11-9-7-2/h14,16,20,22,26-27,30-31,51-52H,6-13,15,17-19,21,23-25,28-29,32-50H2,1-5H3/b16-14+,22-20+,27-26+,31-30+. The molecule has 0 aliphatic rings. The second kappa shape index (κ2) is 45.8. The number of hydrogen-bond acceptors (Lipinski definition) is 7. The van der Waals surface area contributed by atoms with Crippen molar-refractivity contribution in [1.82, 2.24) is 0 Å². The van der Waals surface area contributed by atoms with E-state index in [2.05, 4.69) is 62.5 Å². The molecule has 0 aliphatic heterocycles. The summed E-state index contributed by atoms with van der Waals surface area (Å²) < 4.78 is 17.2. The van der Waals surface area contributed by atoms with E-state index in [1.54, 1.807) is 21.1 Å². The molecule has 0 N–H and O–H groups in total. The van der Waals surface area contributed by atoms with Crippen LogP contribution in [0.1, 0.15) is 232 Å². The summed E-state index contributed by atoms with van der Waals surface area (Å²) >= 11 is 0. The highest BCUT2D eigenvalue weighted by molar-refractivity contribution is 5.70. The number of carbonyl (C=O) groups excluding carboxylic acids is 3. The van der Waals surface area contributed by atoms with Gasteiger partial charge >= 0.3 is 11.9 Å². The normalized spacial score (nSPS) is 13.2. The van der Waals surface area contributed by atoms with Crippen molar-refractivity contribution in [3.05, 3.63) is 48.6 Å². The van der Waals surface area contributed by atoms with E-state index >= 15 is 0 Å². The summed E-state index contributed by atoms with van der Waals surface area (Å²) in [6.45, 7) is 4.64. The quantitative estimate of drug-likeness (QED) is 0.0259. The molecule has 0 heterocycles. The van der Waals surface area contributed by atoms with Crippen LogP contribution in [0.4, 0.5) is 0 Å². The van der Waals surface area contributed by atoms with E-state index < -0.39 is 18.1 Å². The van der Waals surface area contributed by atoms with Crippen molar-refractivity contribution >= 4 is 17.9 Å². The molecule has 0 aromatic rings. The van der Waals surface area contributed by atoms with E-state index in [9.17, 15) is 19.5 Å².